The average molecular weight is 1510 g/mol. The maximum Gasteiger partial charge on any atom is 0.472 e. The predicted molar refractivity (Wildman–Crippen MR) is 423 cm³/mol. The summed E-state index contributed by atoms with van der Waals surface area (Å²) >= 11 is 0. The fraction of sp³-hybridized carbons (Fsp3) is 0.952. The molecular weight excluding hydrogens is 1340 g/mol. The molecule has 103 heavy (non-hydrogen) atoms. The first-order valence-electron chi connectivity index (χ1n) is 43.5. The highest BCUT2D eigenvalue weighted by atomic mass is 31.2. The van der Waals surface area contributed by atoms with Crippen molar-refractivity contribution in [2.24, 2.45) is 11.8 Å². The van der Waals surface area contributed by atoms with Crippen LogP contribution in [0.5, 0.6) is 0 Å². The van der Waals surface area contributed by atoms with Gasteiger partial charge in [0, 0.05) is 25.7 Å². The summed E-state index contributed by atoms with van der Waals surface area (Å²) < 4.78 is 68.8. The van der Waals surface area contributed by atoms with Crippen LogP contribution in [0.15, 0.2) is 0 Å². The van der Waals surface area contributed by atoms with Crippen molar-refractivity contribution in [3.8, 4) is 0 Å². The van der Waals surface area contributed by atoms with Crippen LogP contribution >= 0.6 is 15.6 Å². The molecule has 0 aliphatic rings. The number of hydrogen-bond donors (Lipinski definition) is 3. The van der Waals surface area contributed by atoms with Crippen LogP contribution in [0.1, 0.15) is 446 Å². The van der Waals surface area contributed by atoms with E-state index in [9.17, 15) is 43.2 Å². The standard InChI is InChI=1S/C84H164O17P2/c1-7-9-11-13-15-17-19-21-22-28-31-37-43-49-55-61-67-82(87)95-73-79(100-83(88)68-62-56-50-44-38-32-29-26-24-23-25-27-30-34-40-46-52-58-64-76(3)4)74-98-102(90,91)96-70-78(85)71-97-103(92,93)99-75-80(72-94-81(86)66-60-54-48-42-36-20-18-16-14-12-10-8-2)101-84(89)69-63-57-51-45-39-33-35-41-47-53-59-65-77(5)6/h76-80,85H,7-75H2,1-6H3,(H,90,91)(H,92,93)/t78-,79-,80-/m1/s1. The third-order valence-corrected chi connectivity index (χ3v) is 21.6. The quantitative estimate of drug-likeness (QED) is 0.0222. The second kappa shape index (κ2) is 75.5. The van der Waals surface area contributed by atoms with E-state index in [4.69, 9.17) is 37.0 Å². The van der Waals surface area contributed by atoms with Crippen LogP contribution in [0.25, 0.3) is 0 Å². The van der Waals surface area contributed by atoms with Crippen molar-refractivity contribution >= 4 is 39.5 Å². The lowest BCUT2D eigenvalue weighted by molar-refractivity contribution is -0.161. The zero-order chi connectivity index (χ0) is 75.6. The molecule has 0 aliphatic heterocycles. The lowest BCUT2D eigenvalue weighted by Crippen LogP contribution is -2.30. The average Bonchev–Trinajstić information content (AvgIpc) is 0.916. The smallest absolute Gasteiger partial charge is 0.462 e. The molecule has 0 heterocycles. The van der Waals surface area contributed by atoms with Gasteiger partial charge in [0.2, 0.25) is 0 Å². The van der Waals surface area contributed by atoms with Crippen molar-refractivity contribution < 1.29 is 80.2 Å². The van der Waals surface area contributed by atoms with Gasteiger partial charge in [0.25, 0.3) is 0 Å². The third kappa shape index (κ3) is 78.0. The molecule has 17 nitrogen and oxygen atoms in total. The molecule has 0 aromatic heterocycles. The largest absolute Gasteiger partial charge is 0.472 e. The molecule has 2 unspecified atom stereocenters. The number of aliphatic hydroxyl groups excluding tert-OH is 1. The number of phosphoric acid groups is 2. The van der Waals surface area contributed by atoms with Crippen LogP contribution < -0.4 is 0 Å². The van der Waals surface area contributed by atoms with E-state index in [1.807, 2.05) is 0 Å². The summed E-state index contributed by atoms with van der Waals surface area (Å²) in [5, 5.41) is 10.7. The zero-order valence-corrected chi connectivity index (χ0v) is 69.4. The zero-order valence-electron chi connectivity index (χ0n) is 67.6. The Hall–Kier alpha value is -1.94. The Kier molecular flexibility index (Phi) is 74.1. The molecule has 0 amide bonds. The number of phosphoric ester groups is 2. The summed E-state index contributed by atoms with van der Waals surface area (Å²) in [7, 11) is -9.92. The van der Waals surface area contributed by atoms with E-state index < -0.39 is 97.5 Å². The van der Waals surface area contributed by atoms with Gasteiger partial charge in [-0.1, -0.05) is 395 Å². The lowest BCUT2D eigenvalue weighted by Gasteiger charge is -2.21. The minimum absolute atomic E-state index is 0.107. The summed E-state index contributed by atoms with van der Waals surface area (Å²) in [5.41, 5.74) is 0. The Morgan fingerprint density at radius 3 is 0.660 bits per heavy atom. The molecule has 0 aromatic rings. The highest BCUT2D eigenvalue weighted by molar-refractivity contribution is 7.47. The minimum atomic E-state index is -4.96. The number of rotatable bonds is 83. The van der Waals surface area contributed by atoms with Crippen molar-refractivity contribution in [3.05, 3.63) is 0 Å². The Bertz CT molecular complexity index is 1980. The van der Waals surface area contributed by atoms with Crippen LogP contribution in [0, 0.1) is 11.8 Å². The highest BCUT2D eigenvalue weighted by Crippen LogP contribution is 2.45. The summed E-state index contributed by atoms with van der Waals surface area (Å²) in [5.74, 6) is -0.517. The molecule has 0 aliphatic carbocycles. The summed E-state index contributed by atoms with van der Waals surface area (Å²) in [6, 6.07) is 0. The first kappa shape index (κ1) is 101. The van der Waals surface area contributed by atoms with Crippen LogP contribution in [-0.4, -0.2) is 96.7 Å². The highest BCUT2D eigenvalue weighted by Gasteiger charge is 2.30. The van der Waals surface area contributed by atoms with Crippen molar-refractivity contribution in [3.63, 3.8) is 0 Å². The Morgan fingerprint density at radius 1 is 0.262 bits per heavy atom. The molecule has 0 spiro atoms. The predicted octanol–water partition coefficient (Wildman–Crippen LogP) is 25.5. The fourth-order valence-corrected chi connectivity index (χ4v) is 14.6. The molecule has 19 heteroatoms. The minimum Gasteiger partial charge on any atom is -0.462 e. The van der Waals surface area contributed by atoms with E-state index >= 15 is 0 Å². The summed E-state index contributed by atoms with van der Waals surface area (Å²) in [6.45, 7) is 9.70. The first-order chi connectivity index (χ1) is 49.9. The van der Waals surface area contributed by atoms with Gasteiger partial charge in [-0.3, -0.25) is 37.3 Å². The van der Waals surface area contributed by atoms with E-state index in [0.717, 1.165) is 102 Å². The molecule has 3 N–H and O–H groups in total. The maximum absolute atomic E-state index is 13.1. The van der Waals surface area contributed by atoms with Crippen molar-refractivity contribution in [2.75, 3.05) is 39.6 Å². The van der Waals surface area contributed by atoms with Gasteiger partial charge in [0.05, 0.1) is 26.4 Å². The molecule has 0 rings (SSSR count). The molecule has 0 bridgehead atoms. The Morgan fingerprint density at radius 2 is 0.447 bits per heavy atom. The van der Waals surface area contributed by atoms with Crippen LogP contribution in [0.4, 0.5) is 0 Å². The fourth-order valence-electron chi connectivity index (χ4n) is 13.1. The molecule has 0 aromatic carbocycles. The monoisotopic (exact) mass is 1510 g/mol. The van der Waals surface area contributed by atoms with E-state index in [1.165, 1.54) is 263 Å². The van der Waals surface area contributed by atoms with Gasteiger partial charge in [-0.2, -0.15) is 0 Å². The number of unbranched alkanes of at least 4 members (excludes halogenated alkanes) is 53. The number of carbonyl (C=O) groups excluding carboxylic acids is 4. The van der Waals surface area contributed by atoms with Gasteiger partial charge in [-0.25, -0.2) is 9.13 Å². The SMILES string of the molecule is CCCCCCCCCCCCCCCCCCC(=O)OC[C@H](COP(=O)(O)OC[C@@H](O)COP(=O)(O)OC[C@@H](COC(=O)CCCCCCCCCCCCCC)OC(=O)CCCCCCCCCCCCCC(C)C)OC(=O)CCCCCCCCCCCCCCCCCCCCC(C)C. The molecule has 0 saturated heterocycles. The van der Waals surface area contributed by atoms with Gasteiger partial charge in [-0.15, -0.1) is 0 Å². The Labute approximate surface area is 632 Å². The molecule has 0 saturated carbocycles. The molecule has 612 valence electrons. The van der Waals surface area contributed by atoms with Crippen LogP contribution in [0.3, 0.4) is 0 Å². The summed E-state index contributed by atoms with van der Waals surface area (Å²) in [6.07, 6.45) is 66.5. The number of carbonyl (C=O) groups is 4. The second-order valence-corrected chi connectivity index (χ2v) is 34.1. The maximum atomic E-state index is 13.1. The van der Waals surface area contributed by atoms with E-state index in [2.05, 4.69) is 41.5 Å². The van der Waals surface area contributed by atoms with Crippen LogP contribution in [0.2, 0.25) is 0 Å². The van der Waals surface area contributed by atoms with Crippen LogP contribution in [-0.2, 0) is 65.4 Å². The van der Waals surface area contributed by atoms with Gasteiger partial charge >= 0.3 is 39.5 Å². The van der Waals surface area contributed by atoms with Crippen molar-refractivity contribution in [2.45, 2.75) is 464 Å². The van der Waals surface area contributed by atoms with Gasteiger partial charge in [-0.05, 0) is 37.5 Å². The first-order valence-corrected chi connectivity index (χ1v) is 46.5. The molecule has 5 atom stereocenters. The molecule has 0 fully saturated rings. The summed E-state index contributed by atoms with van der Waals surface area (Å²) in [4.78, 5) is 73.2. The number of aliphatic hydroxyl groups is 1. The topological polar surface area (TPSA) is 237 Å². The van der Waals surface area contributed by atoms with E-state index in [1.54, 1.807) is 0 Å². The molecule has 0 radical (unpaired) electrons. The van der Waals surface area contributed by atoms with Gasteiger partial charge < -0.3 is 33.8 Å². The number of hydrogen-bond acceptors (Lipinski definition) is 15. The number of ether oxygens (including phenoxy) is 4. The number of esters is 4. The Balaban J connectivity index is 5.24. The van der Waals surface area contributed by atoms with Gasteiger partial charge in [0.15, 0.2) is 12.2 Å². The van der Waals surface area contributed by atoms with Gasteiger partial charge in [0.1, 0.15) is 19.3 Å². The van der Waals surface area contributed by atoms with Crippen molar-refractivity contribution in [1.29, 1.82) is 0 Å². The normalized spacial score (nSPS) is 13.9. The third-order valence-electron chi connectivity index (χ3n) is 19.7. The molecular formula is C84H164O17P2. The van der Waals surface area contributed by atoms with E-state index in [-0.39, 0.29) is 25.7 Å². The van der Waals surface area contributed by atoms with Crippen molar-refractivity contribution in [1.82, 2.24) is 0 Å². The lowest BCUT2D eigenvalue weighted by atomic mass is 10.0. The second-order valence-electron chi connectivity index (χ2n) is 31.2. The van der Waals surface area contributed by atoms with E-state index in [0.29, 0.717) is 25.7 Å².